The van der Waals surface area contributed by atoms with Crippen LogP contribution in [-0.4, -0.2) is 89.5 Å². The number of methoxy groups -OCH3 is 3. The quantitative estimate of drug-likeness (QED) is 0.265. The van der Waals surface area contributed by atoms with E-state index < -0.39 is 55.0 Å². The molecule has 0 aliphatic carbocycles. The van der Waals surface area contributed by atoms with E-state index >= 15 is 0 Å². The maximum Gasteiger partial charge on any atom is 0.286 e. The molecule has 3 aliphatic heterocycles. The Labute approximate surface area is 270 Å². The van der Waals surface area contributed by atoms with Crippen molar-refractivity contribution in [3.63, 3.8) is 0 Å². The summed E-state index contributed by atoms with van der Waals surface area (Å²) in [5, 5.41) is 0. The van der Waals surface area contributed by atoms with E-state index in [1.807, 2.05) is 91.0 Å². The van der Waals surface area contributed by atoms with Crippen LogP contribution in [0.25, 0.3) is 0 Å². The molecule has 3 aliphatic rings. The van der Waals surface area contributed by atoms with Crippen molar-refractivity contribution in [2.75, 3.05) is 34.5 Å². The predicted molar refractivity (Wildman–Crippen MR) is 166 cm³/mol. The van der Waals surface area contributed by atoms with Crippen molar-refractivity contribution >= 4 is 0 Å². The van der Waals surface area contributed by atoms with Crippen LogP contribution in [0.1, 0.15) is 23.1 Å². The third-order valence-corrected chi connectivity index (χ3v) is 8.65. The number of rotatable bonds is 13. The zero-order chi connectivity index (χ0) is 31.8. The summed E-state index contributed by atoms with van der Waals surface area (Å²) in [6.45, 7) is 1.58. The summed E-state index contributed by atoms with van der Waals surface area (Å²) >= 11 is 0. The summed E-state index contributed by atoms with van der Waals surface area (Å²) in [5.74, 6) is -1.46. The SMILES string of the molecule is CO[C@H]1O[C@@H]2COC3(C[C@@H](OCc4ccccc4)[C@H](OCc4ccccc4)[C@@H](COCc4ccccc4)O3)O[C@H]2[C@H](OC)[C@H]1OC. The van der Waals surface area contributed by atoms with Crippen LogP contribution in [0.3, 0.4) is 0 Å². The second-order valence-electron chi connectivity index (χ2n) is 11.7. The second-order valence-corrected chi connectivity index (χ2v) is 11.7. The maximum atomic E-state index is 6.74. The summed E-state index contributed by atoms with van der Waals surface area (Å²) in [5.41, 5.74) is 3.14. The van der Waals surface area contributed by atoms with Crippen LogP contribution < -0.4 is 0 Å². The molecule has 1 unspecified atom stereocenters. The first kappa shape index (κ1) is 33.2. The average Bonchev–Trinajstić information content (AvgIpc) is 3.10. The van der Waals surface area contributed by atoms with Gasteiger partial charge in [0.1, 0.15) is 36.6 Å². The van der Waals surface area contributed by atoms with Gasteiger partial charge in [-0.2, -0.15) is 0 Å². The van der Waals surface area contributed by atoms with Gasteiger partial charge in [-0.05, 0) is 16.7 Å². The van der Waals surface area contributed by atoms with Crippen molar-refractivity contribution in [1.82, 2.24) is 0 Å². The van der Waals surface area contributed by atoms with Crippen LogP contribution in [0.2, 0.25) is 0 Å². The molecule has 3 saturated heterocycles. The molecule has 3 aromatic carbocycles. The molecule has 3 fully saturated rings. The van der Waals surface area contributed by atoms with Gasteiger partial charge in [0, 0.05) is 21.3 Å². The van der Waals surface area contributed by atoms with E-state index in [9.17, 15) is 0 Å². The first-order valence-electron chi connectivity index (χ1n) is 15.8. The Morgan fingerprint density at radius 3 is 1.83 bits per heavy atom. The van der Waals surface area contributed by atoms with Gasteiger partial charge in [0.2, 0.25) is 0 Å². The van der Waals surface area contributed by atoms with Crippen LogP contribution in [-0.2, 0) is 67.2 Å². The first-order valence-corrected chi connectivity index (χ1v) is 15.8. The van der Waals surface area contributed by atoms with Crippen LogP contribution in [0.5, 0.6) is 0 Å². The fourth-order valence-corrected chi connectivity index (χ4v) is 6.34. The molecular formula is C36H44O10. The summed E-state index contributed by atoms with van der Waals surface area (Å²) in [6.07, 6.45) is -3.96. The van der Waals surface area contributed by atoms with Gasteiger partial charge in [0.05, 0.1) is 45.6 Å². The van der Waals surface area contributed by atoms with Crippen LogP contribution in [0.15, 0.2) is 91.0 Å². The molecule has 3 heterocycles. The number of hydrogen-bond donors (Lipinski definition) is 0. The first-order chi connectivity index (χ1) is 22.6. The third kappa shape index (κ3) is 7.86. The van der Waals surface area contributed by atoms with Crippen molar-refractivity contribution in [2.45, 2.75) is 81.2 Å². The van der Waals surface area contributed by atoms with Crippen molar-refractivity contribution in [2.24, 2.45) is 0 Å². The highest BCUT2D eigenvalue weighted by Gasteiger charge is 2.59. The summed E-state index contributed by atoms with van der Waals surface area (Å²) in [4.78, 5) is 0. The predicted octanol–water partition coefficient (Wildman–Crippen LogP) is 4.63. The standard InChI is InChI=1S/C36H44O10/c1-37-33-32-29(44-35(39-3)34(33)38-2)24-43-36(46-32)19-28(41-21-26-15-9-5-10-16-26)31(42-22-27-17-11-6-12-18-27)30(45-36)23-40-20-25-13-7-4-8-14-25/h4-18,28-35H,19-24H2,1-3H3/t28-,29-,30-,31+,32-,33+,34-,35+,36?/m1/s1. The van der Waals surface area contributed by atoms with Gasteiger partial charge < -0.3 is 47.4 Å². The summed E-state index contributed by atoms with van der Waals surface area (Å²) < 4.78 is 62.7. The molecule has 248 valence electrons. The van der Waals surface area contributed by atoms with Crippen molar-refractivity contribution in [3.05, 3.63) is 108 Å². The van der Waals surface area contributed by atoms with E-state index in [4.69, 9.17) is 47.4 Å². The Hall–Kier alpha value is -2.74. The highest BCUT2D eigenvalue weighted by molar-refractivity contribution is 5.15. The molecule has 0 amide bonds. The molecule has 9 atom stereocenters. The Morgan fingerprint density at radius 2 is 1.24 bits per heavy atom. The Balaban J connectivity index is 1.26. The largest absolute Gasteiger partial charge is 0.376 e. The van der Waals surface area contributed by atoms with Gasteiger partial charge in [-0.3, -0.25) is 0 Å². The van der Waals surface area contributed by atoms with Crippen molar-refractivity contribution in [1.29, 1.82) is 0 Å². The van der Waals surface area contributed by atoms with E-state index in [0.717, 1.165) is 16.7 Å². The smallest absolute Gasteiger partial charge is 0.286 e. The molecule has 0 saturated carbocycles. The average molecular weight is 637 g/mol. The lowest BCUT2D eigenvalue weighted by molar-refractivity contribution is -0.490. The zero-order valence-electron chi connectivity index (χ0n) is 26.6. The third-order valence-electron chi connectivity index (χ3n) is 8.65. The molecule has 46 heavy (non-hydrogen) atoms. The highest BCUT2D eigenvalue weighted by atomic mass is 16.9. The van der Waals surface area contributed by atoms with Crippen molar-refractivity contribution < 1.29 is 47.4 Å². The maximum absolute atomic E-state index is 6.74. The van der Waals surface area contributed by atoms with E-state index in [2.05, 4.69) is 0 Å². The van der Waals surface area contributed by atoms with Gasteiger partial charge >= 0.3 is 0 Å². The summed E-state index contributed by atoms with van der Waals surface area (Å²) in [7, 11) is 4.80. The number of ether oxygens (including phenoxy) is 10. The van der Waals surface area contributed by atoms with Gasteiger partial charge in [-0.15, -0.1) is 0 Å². The molecule has 6 rings (SSSR count). The number of fused-ring (bicyclic) bond motifs is 1. The van der Waals surface area contributed by atoms with E-state index in [1.165, 1.54) is 0 Å². The van der Waals surface area contributed by atoms with Crippen LogP contribution in [0, 0.1) is 0 Å². The van der Waals surface area contributed by atoms with E-state index in [-0.39, 0.29) is 19.6 Å². The minimum absolute atomic E-state index is 0.194. The molecule has 0 aromatic heterocycles. The molecular weight excluding hydrogens is 592 g/mol. The number of hydrogen-bond acceptors (Lipinski definition) is 10. The van der Waals surface area contributed by atoms with Crippen LogP contribution in [0.4, 0.5) is 0 Å². The fraction of sp³-hybridized carbons (Fsp3) is 0.500. The molecule has 10 nitrogen and oxygen atoms in total. The fourth-order valence-electron chi connectivity index (χ4n) is 6.34. The lowest BCUT2D eigenvalue weighted by atomic mass is 9.95. The van der Waals surface area contributed by atoms with Gasteiger partial charge in [0.15, 0.2) is 6.29 Å². The molecule has 3 aromatic rings. The lowest BCUT2D eigenvalue weighted by Crippen LogP contribution is -2.69. The monoisotopic (exact) mass is 636 g/mol. The van der Waals surface area contributed by atoms with Crippen molar-refractivity contribution in [3.8, 4) is 0 Å². The molecule has 0 bridgehead atoms. The lowest BCUT2D eigenvalue weighted by Gasteiger charge is -2.54. The second kappa shape index (κ2) is 15.9. The van der Waals surface area contributed by atoms with E-state index in [0.29, 0.717) is 19.8 Å². The van der Waals surface area contributed by atoms with Gasteiger partial charge in [-0.1, -0.05) is 91.0 Å². The Kier molecular flexibility index (Phi) is 11.5. The van der Waals surface area contributed by atoms with Gasteiger partial charge in [-0.25, -0.2) is 0 Å². The zero-order valence-corrected chi connectivity index (χ0v) is 26.6. The Morgan fingerprint density at radius 1 is 0.652 bits per heavy atom. The van der Waals surface area contributed by atoms with Crippen LogP contribution >= 0.6 is 0 Å². The van der Waals surface area contributed by atoms with E-state index in [1.54, 1.807) is 21.3 Å². The topological polar surface area (TPSA) is 92.3 Å². The molecule has 0 N–H and O–H groups in total. The molecule has 10 heteroatoms. The summed E-state index contributed by atoms with van der Waals surface area (Å²) in [6, 6.07) is 30.1. The molecule has 1 spiro atoms. The molecule has 0 radical (unpaired) electrons. The normalized spacial score (nSPS) is 32.7. The number of benzene rings is 3. The Bertz CT molecular complexity index is 1310. The minimum Gasteiger partial charge on any atom is -0.376 e. The minimum atomic E-state index is -1.46. The highest BCUT2D eigenvalue weighted by Crippen LogP contribution is 2.42. The van der Waals surface area contributed by atoms with Gasteiger partial charge in [0.25, 0.3) is 5.97 Å².